The van der Waals surface area contributed by atoms with Crippen LogP contribution in [0.1, 0.15) is 0 Å². The van der Waals surface area contributed by atoms with E-state index in [-0.39, 0.29) is 5.56 Å². The van der Waals surface area contributed by atoms with Gasteiger partial charge in [-0.1, -0.05) is 54.2 Å². The van der Waals surface area contributed by atoms with Gasteiger partial charge in [-0.25, -0.2) is 4.98 Å². The Hall–Kier alpha value is -2.77. The van der Waals surface area contributed by atoms with Crippen molar-refractivity contribution in [3.63, 3.8) is 0 Å². The van der Waals surface area contributed by atoms with Crippen molar-refractivity contribution in [2.75, 3.05) is 26.4 Å². The Balaban J connectivity index is 1.94. The average Bonchev–Trinajstić information content (AvgIpc) is 2.68. The highest BCUT2D eigenvalue weighted by atomic mass is 32.2. The van der Waals surface area contributed by atoms with Crippen LogP contribution in [-0.4, -0.2) is 50.9 Å². The van der Waals surface area contributed by atoms with Gasteiger partial charge in [0.25, 0.3) is 5.56 Å². The van der Waals surface area contributed by atoms with Crippen LogP contribution in [0.15, 0.2) is 64.5 Å². The molecule has 7 heteroatoms. The fourth-order valence-corrected chi connectivity index (χ4v) is 3.85. The molecule has 0 N–H and O–H groups in total. The van der Waals surface area contributed by atoms with E-state index < -0.39 is 0 Å². The molecule has 2 aromatic carbocycles. The third kappa shape index (κ3) is 3.56. The number of para-hydroxylation sites is 1. The summed E-state index contributed by atoms with van der Waals surface area (Å²) >= 11 is 1.61. The minimum absolute atomic E-state index is 0.332. The Bertz CT molecular complexity index is 1160. The summed E-state index contributed by atoms with van der Waals surface area (Å²) in [6.45, 7) is 0.917. The van der Waals surface area contributed by atoms with E-state index in [0.29, 0.717) is 11.3 Å². The van der Waals surface area contributed by atoms with E-state index in [0.717, 1.165) is 33.9 Å². The van der Waals surface area contributed by atoms with Crippen LogP contribution >= 0.6 is 11.8 Å². The summed E-state index contributed by atoms with van der Waals surface area (Å²) < 4.78 is 1.70. The van der Waals surface area contributed by atoms with Crippen LogP contribution in [0, 0.1) is 0 Å². The first-order valence-corrected chi connectivity index (χ1v) is 9.65. The molecule has 0 aliphatic heterocycles. The molecule has 2 heterocycles. The highest BCUT2D eigenvalue weighted by Crippen LogP contribution is 2.23. The van der Waals surface area contributed by atoms with Crippen LogP contribution < -0.4 is 5.56 Å². The topological polar surface area (TPSA) is 63.4 Å². The van der Waals surface area contributed by atoms with Gasteiger partial charge in [0, 0.05) is 23.2 Å². The van der Waals surface area contributed by atoms with Gasteiger partial charge < -0.3 is 4.90 Å². The summed E-state index contributed by atoms with van der Waals surface area (Å²) in [6.07, 6.45) is 0. The normalized spacial score (nSPS) is 11.5. The van der Waals surface area contributed by atoms with Gasteiger partial charge in [-0.15, -0.1) is 0 Å². The lowest BCUT2D eigenvalue weighted by Gasteiger charge is -2.12. The van der Waals surface area contributed by atoms with Gasteiger partial charge in [0.1, 0.15) is 0 Å². The predicted octanol–water partition coefficient (Wildman–Crippen LogP) is 2.96. The van der Waals surface area contributed by atoms with Crippen molar-refractivity contribution in [1.29, 1.82) is 0 Å². The summed E-state index contributed by atoms with van der Waals surface area (Å²) in [5.74, 6) is 0.863. The number of aromatic nitrogens is 4. The van der Waals surface area contributed by atoms with Crippen LogP contribution in [0.2, 0.25) is 0 Å². The molecule has 0 amide bonds. The van der Waals surface area contributed by atoms with Gasteiger partial charge in [0.15, 0.2) is 16.5 Å². The van der Waals surface area contributed by atoms with Gasteiger partial charge in [0.05, 0.1) is 5.52 Å². The molecule has 27 heavy (non-hydrogen) atoms. The van der Waals surface area contributed by atoms with Gasteiger partial charge >= 0.3 is 0 Å². The summed E-state index contributed by atoms with van der Waals surface area (Å²) in [4.78, 5) is 23.9. The zero-order chi connectivity index (χ0) is 18.8. The van der Waals surface area contributed by atoms with Crippen LogP contribution in [0.3, 0.4) is 0 Å². The van der Waals surface area contributed by atoms with Crippen LogP contribution in [0.4, 0.5) is 0 Å². The zero-order valence-electron chi connectivity index (χ0n) is 15.2. The molecule has 0 saturated heterocycles. The summed E-state index contributed by atoms with van der Waals surface area (Å²) in [5.41, 5.74) is 2.10. The fourth-order valence-electron chi connectivity index (χ4n) is 2.80. The second-order valence-corrected chi connectivity index (χ2v) is 7.49. The highest BCUT2D eigenvalue weighted by Gasteiger charge is 2.15. The predicted molar refractivity (Wildman–Crippen MR) is 109 cm³/mol. The van der Waals surface area contributed by atoms with Gasteiger partial charge in [-0.2, -0.15) is 14.6 Å². The lowest BCUT2D eigenvalue weighted by atomic mass is 10.2. The maximum absolute atomic E-state index is 12.7. The van der Waals surface area contributed by atoms with Gasteiger partial charge in [0.2, 0.25) is 0 Å². The lowest BCUT2D eigenvalue weighted by molar-refractivity contribution is 0.437. The molecule has 0 spiro atoms. The lowest BCUT2D eigenvalue weighted by Crippen LogP contribution is -2.18. The molecular formula is C20H19N5OS. The Morgan fingerprint density at radius 1 is 1.00 bits per heavy atom. The highest BCUT2D eigenvalue weighted by molar-refractivity contribution is 7.99. The Morgan fingerprint density at radius 3 is 2.52 bits per heavy atom. The number of benzene rings is 2. The Morgan fingerprint density at radius 2 is 1.74 bits per heavy atom. The maximum atomic E-state index is 12.7. The smallest absolute Gasteiger partial charge is 0.300 e. The first kappa shape index (κ1) is 17.6. The van der Waals surface area contributed by atoms with Crippen molar-refractivity contribution in [3.8, 4) is 11.3 Å². The zero-order valence-corrected chi connectivity index (χ0v) is 16.0. The van der Waals surface area contributed by atoms with Crippen LogP contribution in [0.25, 0.3) is 27.8 Å². The molecule has 0 saturated carbocycles. The molecule has 0 bridgehead atoms. The molecule has 0 fully saturated rings. The number of thioether (sulfide) groups is 1. The van der Waals surface area contributed by atoms with E-state index in [1.54, 1.807) is 16.3 Å². The van der Waals surface area contributed by atoms with Crippen molar-refractivity contribution in [2.45, 2.75) is 5.16 Å². The SMILES string of the molecule is CN(C)CCSc1nc2ccccc2c2nc(=O)c(-c3ccccc3)nn12. The molecule has 6 nitrogen and oxygen atoms in total. The second-order valence-electron chi connectivity index (χ2n) is 6.43. The van der Waals surface area contributed by atoms with Gasteiger partial charge in [-0.3, -0.25) is 4.79 Å². The largest absolute Gasteiger partial charge is 0.309 e. The minimum Gasteiger partial charge on any atom is -0.309 e. The van der Waals surface area contributed by atoms with Crippen molar-refractivity contribution >= 4 is 28.3 Å². The molecule has 2 aromatic heterocycles. The summed E-state index contributed by atoms with van der Waals surface area (Å²) in [6, 6.07) is 17.1. The minimum atomic E-state index is -0.332. The van der Waals surface area contributed by atoms with E-state index in [9.17, 15) is 4.79 Å². The molecule has 4 rings (SSSR count). The molecule has 0 atom stereocenters. The van der Waals surface area contributed by atoms with Gasteiger partial charge in [-0.05, 0) is 26.2 Å². The first-order valence-electron chi connectivity index (χ1n) is 8.66. The maximum Gasteiger partial charge on any atom is 0.300 e. The van der Waals surface area contributed by atoms with Crippen molar-refractivity contribution in [3.05, 3.63) is 65.0 Å². The molecule has 0 unspecified atom stereocenters. The number of hydrogen-bond donors (Lipinski definition) is 0. The third-order valence-electron chi connectivity index (χ3n) is 4.17. The first-order chi connectivity index (χ1) is 13.1. The van der Waals surface area contributed by atoms with Crippen molar-refractivity contribution < 1.29 is 0 Å². The van der Waals surface area contributed by atoms with E-state index >= 15 is 0 Å². The average molecular weight is 377 g/mol. The number of fused-ring (bicyclic) bond motifs is 3. The number of nitrogens with zero attached hydrogens (tertiary/aromatic N) is 5. The quantitative estimate of drug-likeness (QED) is 0.303. The number of rotatable bonds is 5. The summed E-state index contributed by atoms with van der Waals surface area (Å²) in [5, 5.41) is 6.19. The van der Waals surface area contributed by atoms with Crippen LogP contribution in [0.5, 0.6) is 0 Å². The van der Waals surface area contributed by atoms with E-state index in [4.69, 9.17) is 4.98 Å². The molecule has 0 aliphatic rings. The Kier molecular flexibility index (Phi) is 4.87. The van der Waals surface area contributed by atoms with Crippen molar-refractivity contribution in [2.24, 2.45) is 0 Å². The molecule has 0 aliphatic carbocycles. The standard InChI is InChI=1S/C20H19N5OS/c1-24(2)12-13-27-20-21-16-11-7-6-10-15(16)18-22-19(26)17(23-25(18)20)14-8-4-3-5-9-14/h3-11H,12-13H2,1-2H3. The van der Waals surface area contributed by atoms with E-state index in [1.807, 2.05) is 68.7 Å². The Labute approximate surface area is 160 Å². The second kappa shape index (κ2) is 7.46. The monoisotopic (exact) mass is 377 g/mol. The number of hydrogen-bond acceptors (Lipinski definition) is 6. The van der Waals surface area contributed by atoms with Crippen LogP contribution in [-0.2, 0) is 0 Å². The summed E-state index contributed by atoms with van der Waals surface area (Å²) in [7, 11) is 4.08. The molecule has 136 valence electrons. The van der Waals surface area contributed by atoms with Crippen molar-refractivity contribution in [1.82, 2.24) is 24.5 Å². The molecular weight excluding hydrogens is 358 g/mol. The molecule has 0 radical (unpaired) electrons. The molecule has 4 aromatic rings. The van der Waals surface area contributed by atoms with E-state index in [1.165, 1.54) is 0 Å². The third-order valence-corrected chi connectivity index (χ3v) is 5.08. The fraction of sp³-hybridized carbons (Fsp3) is 0.200. The van der Waals surface area contributed by atoms with E-state index in [2.05, 4.69) is 15.0 Å².